The molecular formula is C24H22F4N4O3. The van der Waals surface area contributed by atoms with E-state index in [2.05, 4.69) is 16.0 Å². The molecule has 3 aromatic rings. The molecule has 0 aliphatic rings. The highest BCUT2D eigenvalue weighted by Gasteiger charge is 2.30. The predicted molar refractivity (Wildman–Crippen MR) is 124 cm³/mol. The summed E-state index contributed by atoms with van der Waals surface area (Å²) in [4.78, 5) is 26.3. The minimum Gasteiger partial charge on any atom is -0.497 e. The van der Waals surface area contributed by atoms with E-state index in [1.54, 1.807) is 24.3 Å². The molecule has 0 atom stereocenters. The number of methoxy groups -OCH3 is 1. The van der Waals surface area contributed by atoms with Crippen LogP contribution in [0.2, 0.25) is 0 Å². The topological polar surface area (TPSA) is 82.7 Å². The predicted octanol–water partition coefficient (Wildman–Crippen LogP) is 5.71. The molecule has 0 radical (unpaired) electrons. The molecule has 0 aliphatic heterocycles. The monoisotopic (exact) mass is 490 g/mol. The molecule has 0 aromatic heterocycles. The van der Waals surface area contributed by atoms with Crippen LogP contribution in [0.3, 0.4) is 0 Å². The quantitative estimate of drug-likeness (QED) is 0.371. The molecule has 0 spiro atoms. The van der Waals surface area contributed by atoms with Crippen molar-refractivity contribution in [2.45, 2.75) is 6.18 Å². The van der Waals surface area contributed by atoms with Gasteiger partial charge in [-0.1, -0.05) is 12.1 Å². The molecule has 35 heavy (non-hydrogen) atoms. The number of hydrogen-bond donors (Lipinski definition) is 3. The average molecular weight is 490 g/mol. The normalized spacial score (nSPS) is 10.9. The molecule has 3 N–H and O–H groups in total. The number of nitrogens with one attached hydrogen (secondary N) is 3. The molecule has 0 fully saturated rings. The largest absolute Gasteiger partial charge is 0.497 e. The molecule has 3 rings (SSSR count). The van der Waals surface area contributed by atoms with E-state index in [9.17, 15) is 27.2 Å². The lowest BCUT2D eigenvalue weighted by molar-refractivity contribution is -0.137. The molecule has 11 heteroatoms. The lowest BCUT2D eigenvalue weighted by Crippen LogP contribution is -2.42. The summed E-state index contributed by atoms with van der Waals surface area (Å²) in [7, 11) is 1.49. The molecule has 7 nitrogen and oxygen atoms in total. The second-order valence-corrected chi connectivity index (χ2v) is 7.25. The van der Waals surface area contributed by atoms with Gasteiger partial charge in [0.25, 0.3) is 0 Å². The number of nitrogens with zero attached hydrogens (tertiary/aromatic N) is 1. The van der Waals surface area contributed by atoms with Crippen LogP contribution >= 0.6 is 0 Å². The Morgan fingerprint density at radius 3 is 2.23 bits per heavy atom. The summed E-state index contributed by atoms with van der Waals surface area (Å²) in [5, 5.41) is 7.62. The van der Waals surface area contributed by atoms with Crippen molar-refractivity contribution in [2.24, 2.45) is 0 Å². The summed E-state index contributed by atoms with van der Waals surface area (Å²) in [6.07, 6.45) is -4.57. The molecular weight excluding hydrogens is 468 g/mol. The van der Waals surface area contributed by atoms with E-state index in [1.165, 1.54) is 36.3 Å². The molecule has 0 bridgehead atoms. The van der Waals surface area contributed by atoms with Gasteiger partial charge in [0.05, 0.1) is 12.7 Å². The molecule has 184 valence electrons. The van der Waals surface area contributed by atoms with Gasteiger partial charge in [-0.3, -0.25) is 4.90 Å². The first-order chi connectivity index (χ1) is 16.7. The zero-order valence-corrected chi connectivity index (χ0v) is 18.5. The van der Waals surface area contributed by atoms with Crippen molar-refractivity contribution in [1.29, 1.82) is 0 Å². The van der Waals surface area contributed by atoms with Gasteiger partial charge in [0.1, 0.15) is 11.6 Å². The number of urea groups is 2. The first kappa shape index (κ1) is 25.3. The number of rotatable bonds is 7. The van der Waals surface area contributed by atoms with Crippen LogP contribution in [0, 0.1) is 5.82 Å². The lowest BCUT2D eigenvalue weighted by Gasteiger charge is -2.24. The van der Waals surface area contributed by atoms with Gasteiger partial charge in [-0.05, 0) is 54.6 Å². The number of benzene rings is 3. The second-order valence-electron chi connectivity index (χ2n) is 7.25. The fourth-order valence-electron chi connectivity index (χ4n) is 3.09. The molecule has 0 unspecified atom stereocenters. The van der Waals surface area contributed by atoms with E-state index in [1.807, 2.05) is 0 Å². The van der Waals surface area contributed by atoms with E-state index in [0.717, 1.165) is 24.3 Å². The highest BCUT2D eigenvalue weighted by Crippen LogP contribution is 2.30. The Kier molecular flexibility index (Phi) is 8.13. The van der Waals surface area contributed by atoms with Crippen molar-refractivity contribution in [3.63, 3.8) is 0 Å². The molecule has 4 amide bonds. The van der Waals surface area contributed by atoms with Crippen molar-refractivity contribution >= 4 is 29.1 Å². The Bertz CT molecular complexity index is 1170. The van der Waals surface area contributed by atoms with E-state index in [4.69, 9.17) is 4.74 Å². The molecule has 0 saturated heterocycles. The fourth-order valence-corrected chi connectivity index (χ4v) is 3.09. The van der Waals surface area contributed by atoms with Crippen molar-refractivity contribution in [3.8, 4) is 5.75 Å². The van der Waals surface area contributed by atoms with Gasteiger partial charge in [0.15, 0.2) is 0 Å². The maximum atomic E-state index is 13.4. The van der Waals surface area contributed by atoms with Crippen molar-refractivity contribution in [2.75, 3.05) is 35.7 Å². The smallest absolute Gasteiger partial charge is 0.416 e. The Balaban J connectivity index is 1.67. The number of carbonyl (C=O) groups is 2. The van der Waals surface area contributed by atoms with Crippen LogP contribution in [0.25, 0.3) is 0 Å². The average Bonchev–Trinajstić information content (AvgIpc) is 2.82. The number of anilines is 3. The maximum Gasteiger partial charge on any atom is 0.416 e. The van der Waals surface area contributed by atoms with Crippen molar-refractivity contribution in [1.82, 2.24) is 5.32 Å². The zero-order chi connectivity index (χ0) is 25.4. The summed E-state index contributed by atoms with van der Waals surface area (Å²) in [6.45, 7) is -0.0643. The number of amides is 4. The lowest BCUT2D eigenvalue weighted by atomic mass is 10.2. The van der Waals surface area contributed by atoms with Crippen molar-refractivity contribution < 1.29 is 31.9 Å². The third-order valence-corrected chi connectivity index (χ3v) is 4.77. The second kappa shape index (κ2) is 11.2. The van der Waals surface area contributed by atoms with Crippen LogP contribution < -0.4 is 25.6 Å². The number of halogens is 4. The van der Waals surface area contributed by atoms with E-state index >= 15 is 0 Å². The first-order valence-corrected chi connectivity index (χ1v) is 10.4. The SMILES string of the molecule is COc1cccc(NC(=O)NCCN(C(=O)Nc2cccc(C(F)(F)F)c2)c2ccc(F)cc2)c1. The van der Waals surface area contributed by atoms with Crippen LogP contribution in [0.15, 0.2) is 72.8 Å². The Morgan fingerprint density at radius 1 is 0.914 bits per heavy atom. The van der Waals surface area contributed by atoms with E-state index < -0.39 is 29.6 Å². The summed E-state index contributed by atoms with van der Waals surface area (Å²) in [5.41, 5.74) is -0.217. The Morgan fingerprint density at radius 2 is 1.57 bits per heavy atom. The highest BCUT2D eigenvalue weighted by molar-refractivity contribution is 6.01. The van der Waals surface area contributed by atoms with E-state index in [0.29, 0.717) is 11.4 Å². The van der Waals surface area contributed by atoms with E-state index in [-0.39, 0.29) is 24.5 Å². The number of carbonyl (C=O) groups excluding carboxylic acids is 2. The van der Waals surface area contributed by atoms with Crippen LogP contribution in [0.4, 0.5) is 44.2 Å². The van der Waals surface area contributed by atoms with Gasteiger partial charge in [-0.2, -0.15) is 13.2 Å². The highest BCUT2D eigenvalue weighted by atomic mass is 19.4. The van der Waals surface area contributed by atoms with Gasteiger partial charge in [0, 0.05) is 36.2 Å². The molecule has 0 saturated carbocycles. The van der Waals surface area contributed by atoms with Gasteiger partial charge >= 0.3 is 18.2 Å². The fraction of sp³-hybridized carbons (Fsp3) is 0.167. The summed E-state index contributed by atoms with van der Waals surface area (Å²) < 4.78 is 57.5. The summed E-state index contributed by atoms with van der Waals surface area (Å²) in [5.74, 6) is 0.0272. The molecule has 0 aliphatic carbocycles. The van der Waals surface area contributed by atoms with Crippen LogP contribution in [0.1, 0.15) is 5.56 Å². The Labute approximate surface area is 198 Å². The molecule has 3 aromatic carbocycles. The number of ether oxygens (including phenoxy) is 1. The zero-order valence-electron chi connectivity index (χ0n) is 18.5. The third-order valence-electron chi connectivity index (χ3n) is 4.77. The van der Waals surface area contributed by atoms with Gasteiger partial charge < -0.3 is 20.7 Å². The number of hydrogen-bond acceptors (Lipinski definition) is 3. The van der Waals surface area contributed by atoms with Gasteiger partial charge in [0.2, 0.25) is 0 Å². The minimum absolute atomic E-state index is 0.0107. The van der Waals surface area contributed by atoms with Crippen LogP contribution in [-0.2, 0) is 6.18 Å². The van der Waals surface area contributed by atoms with Crippen LogP contribution in [0.5, 0.6) is 5.75 Å². The summed E-state index contributed by atoms with van der Waals surface area (Å²) in [6, 6.07) is 14.5. The first-order valence-electron chi connectivity index (χ1n) is 10.4. The minimum atomic E-state index is -4.57. The standard InChI is InChI=1S/C24H22F4N4O3/c1-35-21-7-3-6-19(15-21)30-22(33)29-12-13-32(20-10-8-17(25)9-11-20)23(34)31-18-5-2-4-16(14-18)24(26,27)28/h2-11,14-15H,12-13H2,1H3,(H,31,34)(H2,29,30,33). The van der Waals surface area contributed by atoms with Crippen molar-refractivity contribution in [3.05, 3.63) is 84.2 Å². The summed E-state index contributed by atoms with van der Waals surface area (Å²) >= 11 is 0. The van der Waals surface area contributed by atoms with Gasteiger partial charge in [-0.25, -0.2) is 14.0 Å². The number of alkyl halides is 3. The maximum absolute atomic E-state index is 13.4. The van der Waals surface area contributed by atoms with Crippen LogP contribution in [-0.4, -0.2) is 32.3 Å². The molecule has 0 heterocycles. The van der Waals surface area contributed by atoms with Gasteiger partial charge in [-0.15, -0.1) is 0 Å². The Hall–Kier alpha value is -4.28. The third kappa shape index (κ3) is 7.36.